The highest BCUT2D eigenvalue weighted by atomic mass is 19.4. The van der Waals surface area contributed by atoms with Crippen LogP contribution in [-0.2, 0) is 14.3 Å². The van der Waals surface area contributed by atoms with E-state index in [1.807, 2.05) is 0 Å². The number of nitrogens with zero attached hydrogens (tertiary/aromatic N) is 1. The van der Waals surface area contributed by atoms with Crippen LogP contribution in [0.4, 0.5) is 23.7 Å². The van der Waals surface area contributed by atoms with Crippen LogP contribution in [0.3, 0.4) is 0 Å². The Hall–Kier alpha value is -2.45. The molecule has 0 spiro atoms. The summed E-state index contributed by atoms with van der Waals surface area (Å²) >= 11 is 0. The minimum atomic E-state index is -4.82. The van der Waals surface area contributed by atoms with Gasteiger partial charge in [-0.15, -0.1) is 13.2 Å². The first-order valence-corrected chi connectivity index (χ1v) is 7.51. The molecule has 0 aliphatic carbocycles. The van der Waals surface area contributed by atoms with E-state index < -0.39 is 35.9 Å². The number of hydrogen-bond acceptors (Lipinski definition) is 5. The number of halogens is 3. The number of anilines is 1. The number of rotatable bonds is 3. The number of carbonyl (C=O) groups is 2. The molecular weight excluding hydrogens is 343 g/mol. The summed E-state index contributed by atoms with van der Waals surface area (Å²) in [7, 11) is 0. The Morgan fingerprint density at radius 3 is 2.52 bits per heavy atom. The zero-order valence-electron chi connectivity index (χ0n) is 13.9. The van der Waals surface area contributed by atoms with Crippen LogP contribution >= 0.6 is 0 Å². The van der Waals surface area contributed by atoms with Gasteiger partial charge in [-0.1, -0.05) is 6.07 Å². The van der Waals surface area contributed by atoms with Crippen molar-refractivity contribution in [3.8, 4) is 5.75 Å². The van der Waals surface area contributed by atoms with Gasteiger partial charge in [0.1, 0.15) is 11.4 Å². The van der Waals surface area contributed by atoms with Crippen molar-refractivity contribution in [2.24, 2.45) is 0 Å². The summed E-state index contributed by atoms with van der Waals surface area (Å²) in [4.78, 5) is 25.2. The maximum Gasteiger partial charge on any atom is 0.573 e. The van der Waals surface area contributed by atoms with Gasteiger partial charge >= 0.3 is 12.5 Å². The lowest BCUT2D eigenvalue weighted by Crippen LogP contribution is -2.34. The molecule has 1 saturated heterocycles. The molecule has 1 heterocycles. The molecule has 1 aromatic carbocycles. The summed E-state index contributed by atoms with van der Waals surface area (Å²) in [6, 6.07) is 5.04. The maximum absolute atomic E-state index is 12.3. The number of hydrogen-bond donors (Lipinski definition) is 0. The molecule has 0 aromatic heterocycles. The first kappa shape index (κ1) is 18.9. The average molecular weight is 361 g/mol. The summed E-state index contributed by atoms with van der Waals surface area (Å²) < 4.78 is 50.7. The molecule has 1 fully saturated rings. The van der Waals surface area contributed by atoms with Crippen LogP contribution in [0.5, 0.6) is 5.75 Å². The molecule has 0 saturated carbocycles. The predicted octanol–water partition coefficient (Wildman–Crippen LogP) is 3.64. The van der Waals surface area contributed by atoms with Crippen molar-refractivity contribution in [2.45, 2.75) is 45.3 Å². The van der Waals surface area contributed by atoms with E-state index >= 15 is 0 Å². The summed E-state index contributed by atoms with van der Waals surface area (Å²) in [5.74, 6) is -0.968. The van der Waals surface area contributed by atoms with Crippen molar-refractivity contribution in [3.05, 3.63) is 24.3 Å². The first-order valence-electron chi connectivity index (χ1n) is 7.51. The molecule has 0 radical (unpaired) electrons. The Kier molecular flexibility index (Phi) is 5.15. The zero-order chi connectivity index (χ0) is 18.8. The fourth-order valence-corrected chi connectivity index (χ4v) is 2.26. The van der Waals surface area contributed by atoms with E-state index in [2.05, 4.69) is 4.74 Å². The lowest BCUT2D eigenvalue weighted by atomic mass is 10.2. The van der Waals surface area contributed by atoms with E-state index in [4.69, 9.17) is 9.47 Å². The largest absolute Gasteiger partial charge is 0.573 e. The Balaban J connectivity index is 2.04. The van der Waals surface area contributed by atoms with E-state index in [9.17, 15) is 22.8 Å². The van der Waals surface area contributed by atoms with Gasteiger partial charge in [0.15, 0.2) is 6.10 Å². The van der Waals surface area contributed by atoms with E-state index in [0.29, 0.717) is 0 Å². The zero-order valence-corrected chi connectivity index (χ0v) is 13.9. The number of alkyl halides is 3. The lowest BCUT2D eigenvalue weighted by Gasteiger charge is -2.21. The van der Waals surface area contributed by atoms with Gasteiger partial charge in [0.25, 0.3) is 5.91 Å². The highest BCUT2D eigenvalue weighted by molar-refractivity contribution is 5.99. The molecule has 1 aliphatic heterocycles. The van der Waals surface area contributed by atoms with Gasteiger partial charge in [-0.05, 0) is 32.9 Å². The monoisotopic (exact) mass is 361 g/mol. The van der Waals surface area contributed by atoms with Crippen LogP contribution in [0, 0.1) is 0 Å². The summed E-state index contributed by atoms with van der Waals surface area (Å²) in [5.41, 5.74) is -0.538. The fraction of sp³-hybridized carbons (Fsp3) is 0.500. The Morgan fingerprint density at radius 1 is 1.24 bits per heavy atom. The van der Waals surface area contributed by atoms with Crippen LogP contribution in [0.1, 0.15) is 27.2 Å². The van der Waals surface area contributed by atoms with Gasteiger partial charge < -0.3 is 19.1 Å². The number of ether oxygens (including phenoxy) is 3. The smallest absolute Gasteiger partial charge is 0.429 e. The Morgan fingerprint density at radius 2 is 1.92 bits per heavy atom. The number of amides is 1. The van der Waals surface area contributed by atoms with Crippen molar-refractivity contribution in [3.63, 3.8) is 0 Å². The third-order valence-electron chi connectivity index (χ3n) is 3.15. The maximum atomic E-state index is 12.3. The van der Waals surface area contributed by atoms with Crippen molar-refractivity contribution < 1.29 is 37.0 Å². The van der Waals surface area contributed by atoms with Gasteiger partial charge in [-0.3, -0.25) is 4.79 Å². The fourth-order valence-electron chi connectivity index (χ4n) is 2.26. The van der Waals surface area contributed by atoms with Crippen molar-refractivity contribution in [1.29, 1.82) is 0 Å². The SMILES string of the molecule is CC(C)(C)OC(=O)OC1CCN(c2cccc(OC(F)(F)F)c2)C1=O. The van der Waals surface area contributed by atoms with Gasteiger partial charge in [0.2, 0.25) is 0 Å². The number of benzene rings is 1. The normalized spacial score (nSPS) is 18.2. The second-order valence-electron chi connectivity index (χ2n) is 6.39. The molecule has 25 heavy (non-hydrogen) atoms. The molecule has 1 atom stereocenters. The minimum Gasteiger partial charge on any atom is -0.429 e. The van der Waals surface area contributed by atoms with Gasteiger partial charge in [0, 0.05) is 24.7 Å². The highest BCUT2D eigenvalue weighted by Crippen LogP contribution is 2.29. The quantitative estimate of drug-likeness (QED) is 0.769. The lowest BCUT2D eigenvalue weighted by molar-refractivity contribution is -0.274. The summed E-state index contributed by atoms with van der Waals surface area (Å²) in [5, 5.41) is 0. The molecule has 1 unspecified atom stereocenters. The third kappa shape index (κ3) is 5.54. The average Bonchev–Trinajstić information content (AvgIpc) is 2.76. The molecule has 138 valence electrons. The molecule has 1 aliphatic rings. The Labute approximate surface area is 142 Å². The Bertz CT molecular complexity index is 654. The van der Waals surface area contributed by atoms with E-state index in [1.165, 1.54) is 17.0 Å². The van der Waals surface area contributed by atoms with Crippen LogP contribution in [-0.4, -0.2) is 36.7 Å². The molecular formula is C16H18F3NO5. The van der Waals surface area contributed by atoms with Crippen molar-refractivity contribution in [2.75, 3.05) is 11.4 Å². The molecule has 0 N–H and O–H groups in total. The van der Waals surface area contributed by atoms with Gasteiger partial charge in [-0.25, -0.2) is 4.79 Å². The van der Waals surface area contributed by atoms with Crippen molar-refractivity contribution >= 4 is 17.7 Å². The predicted molar refractivity (Wildman–Crippen MR) is 81.2 cm³/mol. The van der Waals surface area contributed by atoms with E-state index in [-0.39, 0.29) is 18.7 Å². The number of carbonyl (C=O) groups excluding carboxylic acids is 2. The topological polar surface area (TPSA) is 65.1 Å². The second-order valence-corrected chi connectivity index (χ2v) is 6.39. The van der Waals surface area contributed by atoms with Crippen LogP contribution < -0.4 is 9.64 Å². The second kappa shape index (κ2) is 6.81. The van der Waals surface area contributed by atoms with Gasteiger partial charge in [0.05, 0.1) is 0 Å². The first-order chi connectivity index (χ1) is 11.4. The standard InChI is InChI=1S/C16H18F3NO5/c1-15(2,3)25-14(22)23-12-7-8-20(13(12)21)10-5-4-6-11(9-10)24-16(17,18)19/h4-6,9,12H,7-8H2,1-3H3. The molecule has 1 aromatic rings. The summed E-state index contributed by atoms with van der Waals surface area (Å²) in [6.07, 6.45) is -6.62. The van der Waals surface area contributed by atoms with E-state index in [1.54, 1.807) is 20.8 Å². The molecule has 6 nitrogen and oxygen atoms in total. The highest BCUT2D eigenvalue weighted by Gasteiger charge is 2.37. The molecule has 1 amide bonds. The molecule has 0 bridgehead atoms. The van der Waals surface area contributed by atoms with Crippen LogP contribution in [0.15, 0.2) is 24.3 Å². The third-order valence-corrected chi connectivity index (χ3v) is 3.15. The summed E-state index contributed by atoms with van der Waals surface area (Å²) in [6.45, 7) is 5.16. The van der Waals surface area contributed by atoms with Crippen LogP contribution in [0.2, 0.25) is 0 Å². The molecule has 2 rings (SSSR count). The molecule has 9 heteroatoms. The van der Waals surface area contributed by atoms with Crippen molar-refractivity contribution in [1.82, 2.24) is 0 Å². The van der Waals surface area contributed by atoms with Gasteiger partial charge in [-0.2, -0.15) is 0 Å². The van der Waals surface area contributed by atoms with E-state index in [0.717, 1.165) is 12.1 Å². The van der Waals surface area contributed by atoms with Crippen LogP contribution in [0.25, 0.3) is 0 Å². The minimum absolute atomic E-state index is 0.196.